The van der Waals surface area contributed by atoms with E-state index < -0.39 is 0 Å². The first-order valence-electron chi connectivity index (χ1n) is 3.73. The molecule has 3 heteroatoms. The van der Waals surface area contributed by atoms with E-state index in [0.29, 0.717) is 0 Å². The summed E-state index contributed by atoms with van der Waals surface area (Å²) >= 11 is 0. The molecule has 1 nitrogen and oxygen atoms in total. The molecule has 0 rings (SSSR count). The van der Waals surface area contributed by atoms with E-state index in [1.165, 1.54) is 0 Å². The fourth-order valence-electron chi connectivity index (χ4n) is 0.139. The first-order chi connectivity index (χ1) is 5.33. The Morgan fingerprint density at radius 1 is 1.50 bits per heavy atom. The molecule has 1 atom stereocenters. The van der Waals surface area contributed by atoms with Gasteiger partial charge < -0.3 is 0 Å². The molecule has 0 amide bonds. The monoisotopic (exact) mass is 262 g/mol. The van der Waals surface area contributed by atoms with Gasteiger partial charge in [-0.15, -0.1) is 12.5 Å². The van der Waals surface area contributed by atoms with Gasteiger partial charge in [-0.3, -0.25) is 5.09 Å². The van der Waals surface area contributed by atoms with Gasteiger partial charge in [-0.25, -0.2) is 0 Å². The van der Waals surface area contributed by atoms with Crippen LogP contribution in [0.25, 0.3) is 0 Å². The van der Waals surface area contributed by atoms with E-state index in [1.807, 2.05) is 27.7 Å². The molecule has 0 aliphatic rings. The predicted molar refractivity (Wildman–Crippen MR) is 58.4 cm³/mol. The van der Waals surface area contributed by atoms with Crippen LogP contribution < -0.4 is 5.09 Å². The first-order valence-corrected chi connectivity index (χ1v) is 4.31. The molecule has 0 saturated carbocycles. The maximum absolute atomic E-state index is 3.36. The van der Waals surface area contributed by atoms with Crippen LogP contribution in [-0.4, -0.2) is 6.54 Å². The van der Waals surface area contributed by atoms with Crippen LogP contribution in [0.4, 0.5) is 0 Å². The Labute approximate surface area is 105 Å². The summed E-state index contributed by atoms with van der Waals surface area (Å²) in [5, 5.41) is 2.81. The average Bonchev–Trinajstić information content (AvgIpc) is 2.06. The minimum Gasteiger partial charge on any atom is -0.290 e. The Bertz CT molecular complexity index is 105. The van der Waals surface area contributed by atoms with Crippen molar-refractivity contribution in [3.05, 3.63) is 12.7 Å². The fraction of sp³-hybridized carbons (Fsp3) is 0.556. The average molecular weight is 262 g/mol. The van der Waals surface area contributed by atoms with Crippen molar-refractivity contribution in [1.29, 1.82) is 0 Å². The molecule has 1 N–H and O–H groups in total. The molecule has 0 heterocycles. The predicted octanol–water partition coefficient (Wildman–Crippen LogP) is 2.61. The van der Waals surface area contributed by atoms with Crippen LogP contribution >= 0.6 is 9.39 Å². The van der Waals surface area contributed by atoms with E-state index in [0.717, 1.165) is 6.54 Å². The summed E-state index contributed by atoms with van der Waals surface area (Å²) in [4.78, 5) is 0. The SMILES string of the molecule is C=CC.CC.CC#CCNP.[Y]. The third kappa shape index (κ3) is 71.9. The van der Waals surface area contributed by atoms with Gasteiger partial charge in [0, 0.05) is 32.7 Å². The smallest absolute Gasteiger partial charge is 0.0605 e. The van der Waals surface area contributed by atoms with Crippen LogP contribution in [0.5, 0.6) is 0 Å². The summed E-state index contributed by atoms with van der Waals surface area (Å²) in [6.45, 7) is 11.8. The second kappa shape index (κ2) is 40.9. The van der Waals surface area contributed by atoms with E-state index >= 15 is 0 Å². The van der Waals surface area contributed by atoms with Crippen molar-refractivity contribution >= 4 is 9.39 Å². The number of rotatable bonds is 1. The Hall–Kier alpha value is 0.794. The molecule has 0 aliphatic heterocycles. The van der Waals surface area contributed by atoms with Gasteiger partial charge in [-0.1, -0.05) is 35.2 Å². The van der Waals surface area contributed by atoms with Gasteiger partial charge in [0.2, 0.25) is 0 Å². The van der Waals surface area contributed by atoms with Crippen molar-refractivity contribution in [2.24, 2.45) is 0 Å². The van der Waals surface area contributed by atoms with E-state index in [-0.39, 0.29) is 32.7 Å². The molecule has 0 spiro atoms. The summed E-state index contributed by atoms with van der Waals surface area (Å²) in [6.07, 6.45) is 1.75. The number of nitrogens with one attached hydrogen (secondary N) is 1. The van der Waals surface area contributed by atoms with Crippen LogP contribution in [-0.2, 0) is 32.7 Å². The summed E-state index contributed by atoms with van der Waals surface area (Å²) in [5.74, 6) is 5.56. The molecule has 0 aromatic heterocycles. The van der Waals surface area contributed by atoms with Crippen LogP contribution in [0.3, 0.4) is 0 Å². The van der Waals surface area contributed by atoms with Crippen LogP contribution in [0.15, 0.2) is 12.7 Å². The normalized spacial score (nSPS) is 4.75. The Morgan fingerprint density at radius 2 is 1.83 bits per heavy atom. The van der Waals surface area contributed by atoms with Gasteiger partial charge in [-0.2, -0.15) is 0 Å². The van der Waals surface area contributed by atoms with Crippen LogP contribution in [0.1, 0.15) is 27.7 Å². The second-order valence-corrected chi connectivity index (χ2v) is 1.62. The maximum atomic E-state index is 3.36. The zero-order chi connectivity index (χ0) is 9.54. The number of hydrogen-bond acceptors (Lipinski definition) is 1. The summed E-state index contributed by atoms with van der Waals surface area (Å²) in [5.41, 5.74) is 0. The molecule has 0 aliphatic carbocycles. The first kappa shape index (κ1) is 23.0. The molecule has 1 unspecified atom stereocenters. The minimum atomic E-state index is 0. The molecular weight excluding hydrogens is 242 g/mol. The van der Waals surface area contributed by atoms with E-state index in [2.05, 4.69) is 32.9 Å². The van der Waals surface area contributed by atoms with Crippen LogP contribution in [0, 0.1) is 11.8 Å². The zero-order valence-electron chi connectivity index (χ0n) is 8.65. The van der Waals surface area contributed by atoms with E-state index in [9.17, 15) is 0 Å². The Kier molecular flexibility index (Phi) is 78.5. The standard InChI is InChI=1S/C4H8NP.C3H6.C2H6.Y/c1-2-3-4-5-6;1-3-2;1-2;/h5H,4,6H2,1H3;3H,1H2,2H3;1-2H3;. The zero-order valence-corrected chi connectivity index (χ0v) is 12.6. The largest absolute Gasteiger partial charge is 0.290 e. The summed E-state index contributed by atoms with van der Waals surface area (Å²) in [6, 6.07) is 0. The quantitative estimate of drug-likeness (QED) is 0.435. The third-order valence-corrected chi connectivity index (χ3v) is 0.571. The molecular formula is C9H20NPY. The molecule has 69 valence electrons. The molecule has 1 radical (unpaired) electrons. The number of allylic oxidation sites excluding steroid dienone is 1. The van der Waals surface area contributed by atoms with Gasteiger partial charge in [0.15, 0.2) is 0 Å². The maximum Gasteiger partial charge on any atom is 0.0605 e. The third-order valence-electron chi connectivity index (χ3n) is 0.367. The van der Waals surface area contributed by atoms with Crippen molar-refractivity contribution in [2.75, 3.05) is 6.54 Å². The minimum absolute atomic E-state index is 0. The van der Waals surface area contributed by atoms with Crippen molar-refractivity contribution in [1.82, 2.24) is 5.09 Å². The molecule has 0 aromatic rings. The number of hydrogen-bond donors (Lipinski definition) is 1. The van der Waals surface area contributed by atoms with E-state index in [1.54, 1.807) is 6.08 Å². The van der Waals surface area contributed by atoms with Crippen LogP contribution in [0.2, 0.25) is 0 Å². The fourth-order valence-corrected chi connectivity index (χ4v) is 0.241. The van der Waals surface area contributed by atoms with Crippen molar-refractivity contribution < 1.29 is 32.7 Å². The topological polar surface area (TPSA) is 12.0 Å². The summed E-state index contributed by atoms with van der Waals surface area (Å²) in [7, 11) is 2.38. The van der Waals surface area contributed by atoms with E-state index in [4.69, 9.17) is 0 Å². The molecule has 0 fully saturated rings. The van der Waals surface area contributed by atoms with Gasteiger partial charge >= 0.3 is 0 Å². The van der Waals surface area contributed by atoms with Gasteiger partial charge in [0.05, 0.1) is 6.54 Å². The van der Waals surface area contributed by atoms with Gasteiger partial charge in [-0.05, 0) is 13.8 Å². The molecule has 12 heavy (non-hydrogen) atoms. The Balaban J connectivity index is -0.0000000462. The summed E-state index contributed by atoms with van der Waals surface area (Å²) < 4.78 is 0. The molecule has 0 bridgehead atoms. The van der Waals surface area contributed by atoms with Gasteiger partial charge in [0.1, 0.15) is 0 Å². The molecule has 0 saturated heterocycles. The Morgan fingerprint density at radius 3 is 1.92 bits per heavy atom. The molecule has 0 aromatic carbocycles. The van der Waals surface area contributed by atoms with Crippen molar-refractivity contribution in [2.45, 2.75) is 27.7 Å². The van der Waals surface area contributed by atoms with Crippen molar-refractivity contribution in [3.63, 3.8) is 0 Å². The van der Waals surface area contributed by atoms with Gasteiger partial charge in [0.25, 0.3) is 0 Å². The van der Waals surface area contributed by atoms with Crippen molar-refractivity contribution in [3.8, 4) is 11.8 Å². The second-order valence-electron chi connectivity index (χ2n) is 1.22.